The predicted molar refractivity (Wildman–Crippen MR) is 53.5 cm³/mol. The van der Waals surface area contributed by atoms with Crippen LogP contribution in [0.4, 0.5) is 0 Å². The highest BCUT2D eigenvalue weighted by Gasteiger charge is 2.33. The molecule has 1 saturated carbocycles. The third kappa shape index (κ3) is 2.05. The summed E-state index contributed by atoms with van der Waals surface area (Å²) < 4.78 is 5.81. The van der Waals surface area contributed by atoms with Crippen molar-refractivity contribution in [1.82, 2.24) is 0 Å². The van der Waals surface area contributed by atoms with Crippen molar-refractivity contribution >= 4 is 0 Å². The molecule has 2 N–H and O–H groups in total. The molecule has 0 bridgehead atoms. The molecule has 0 spiro atoms. The van der Waals surface area contributed by atoms with Crippen LogP contribution in [0.15, 0.2) is 0 Å². The smallest absolute Gasteiger partial charge is 0.0618 e. The van der Waals surface area contributed by atoms with Gasteiger partial charge >= 0.3 is 0 Å². The van der Waals surface area contributed by atoms with Crippen molar-refractivity contribution in [3.05, 3.63) is 0 Å². The molecule has 0 aromatic carbocycles. The van der Waals surface area contributed by atoms with E-state index in [1.807, 2.05) is 0 Å². The van der Waals surface area contributed by atoms with Gasteiger partial charge in [0.1, 0.15) is 0 Å². The zero-order chi connectivity index (χ0) is 9.10. The van der Waals surface area contributed by atoms with Gasteiger partial charge < -0.3 is 10.5 Å². The number of ether oxygens (including phenoxy) is 1. The number of nitrogens with two attached hydrogens (primary N) is 1. The highest BCUT2D eigenvalue weighted by Crippen LogP contribution is 2.37. The Labute approximate surface area is 80.8 Å². The van der Waals surface area contributed by atoms with E-state index in [1.54, 1.807) is 0 Å². The van der Waals surface area contributed by atoms with E-state index >= 15 is 0 Å². The zero-order valence-electron chi connectivity index (χ0n) is 8.37. The van der Waals surface area contributed by atoms with Crippen LogP contribution in [0.2, 0.25) is 0 Å². The Morgan fingerprint density at radius 1 is 1.15 bits per heavy atom. The topological polar surface area (TPSA) is 35.2 Å². The summed E-state index contributed by atoms with van der Waals surface area (Å²) in [6.45, 7) is 1.79. The first-order valence-electron chi connectivity index (χ1n) is 5.73. The zero-order valence-corrected chi connectivity index (χ0v) is 8.37. The fraction of sp³-hybridized carbons (Fsp3) is 1.00. The van der Waals surface area contributed by atoms with Crippen molar-refractivity contribution < 1.29 is 4.74 Å². The van der Waals surface area contributed by atoms with Gasteiger partial charge in [0.2, 0.25) is 0 Å². The molecular formula is C11H21NO. The van der Waals surface area contributed by atoms with Crippen LogP contribution in [0, 0.1) is 11.8 Å². The van der Waals surface area contributed by atoms with Crippen molar-refractivity contribution in [3.8, 4) is 0 Å². The second-order valence-electron chi connectivity index (χ2n) is 4.50. The van der Waals surface area contributed by atoms with E-state index in [2.05, 4.69) is 0 Å². The van der Waals surface area contributed by atoms with Gasteiger partial charge in [0.05, 0.1) is 6.10 Å². The van der Waals surface area contributed by atoms with Crippen LogP contribution >= 0.6 is 0 Å². The molecular weight excluding hydrogens is 162 g/mol. The lowest BCUT2D eigenvalue weighted by atomic mass is 9.72. The number of rotatable bonds is 3. The first-order chi connectivity index (χ1) is 6.42. The van der Waals surface area contributed by atoms with E-state index in [9.17, 15) is 0 Å². The monoisotopic (exact) mass is 183 g/mol. The summed E-state index contributed by atoms with van der Waals surface area (Å²) >= 11 is 0. The Balaban J connectivity index is 1.86. The van der Waals surface area contributed by atoms with Crippen molar-refractivity contribution in [3.63, 3.8) is 0 Å². The Morgan fingerprint density at radius 2 is 2.00 bits per heavy atom. The molecule has 0 aromatic heterocycles. The van der Waals surface area contributed by atoms with E-state index in [4.69, 9.17) is 10.5 Å². The third-order valence-corrected chi connectivity index (χ3v) is 3.72. The predicted octanol–water partition coefficient (Wildman–Crippen LogP) is 1.93. The maximum absolute atomic E-state index is 5.83. The van der Waals surface area contributed by atoms with Gasteiger partial charge in [-0.25, -0.2) is 0 Å². The Bertz CT molecular complexity index is 150. The Morgan fingerprint density at radius 3 is 2.46 bits per heavy atom. The maximum atomic E-state index is 5.83. The molecule has 1 heterocycles. The van der Waals surface area contributed by atoms with E-state index in [0.717, 1.165) is 19.1 Å². The van der Waals surface area contributed by atoms with Crippen LogP contribution in [-0.2, 0) is 4.74 Å². The van der Waals surface area contributed by atoms with Crippen molar-refractivity contribution in [2.75, 3.05) is 13.2 Å². The minimum atomic E-state index is 0.490. The number of hydrogen-bond donors (Lipinski definition) is 1. The molecule has 1 saturated heterocycles. The molecule has 2 unspecified atom stereocenters. The normalized spacial score (nSPS) is 32.5. The molecule has 0 amide bonds. The van der Waals surface area contributed by atoms with Gasteiger partial charge in [-0.3, -0.25) is 0 Å². The van der Waals surface area contributed by atoms with Gasteiger partial charge in [-0.1, -0.05) is 19.3 Å². The lowest BCUT2D eigenvalue weighted by molar-refractivity contribution is -0.0459. The van der Waals surface area contributed by atoms with Crippen molar-refractivity contribution in [1.29, 1.82) is 0 Å². The minimum absolute atomic E-state index is 0.490. The second kappa shape index (κ2) is 4.43. The lowest BCUT2D eigenvalue weighted by Gasteiger charge is -2.39. The summed E-state index contributed by atoms with van der Waals surface area (Å²) in [6, 6.07) is 0. The van der Waals surface area contributed by atoms with Crippen LogP contribution < -0.4 is 5.73 Å². The highest BCUT2D eigenvalue weighted by molar-refractivity contribution is 4.84. The van der Waals surface area contributed by atoms with E-state index < -0.39 is 0 Å². The average Bonchev–Trinajstić information content (AvgIpc) is 2.12. The fourth-order valence-corrected chi connectivity index (χ4v) is 2.62. The SMILES string of the molecule is NCC(C1CCC1)C1CCCCO1. The van der Waals surface area contributed by atoms with E-state index in [1.165, 1.54) is 38.5 Å². The highest BCUT2D eigenvalue weighted by atomic mass is 16.5. The quantitative estimate of drug-likeness (QED) is 0.725. The average molecular weight is 183 g/mol. The largest absolute Gasteiger partial charge is 0.378 e. The molecule has 0 aromatic rings. The molecule has 13 heavy (non-hydrogen) atoms. The first-order valence-corrected chi connectivity index (χ1v) is 5.73. The summed E-state index contributed by atoms with van der Waals surface area (Å²) in [5, 5.41) is 0. The summed E-state index contributed by atoms with van der Waals surface area (Å²) in [5.41, 5.74) is 5.83. The second-order valence-corrected chi connectivity index (χ2v) is 4.50. The van der Waals surface area contributed by atoms with Crippen LogP contribution in [-0.4, -0.2) is 19.3 Å². The van der Waals surface area contributed by atoms with E-state index in [0.29, 0.717) is 12.0 Å². The molecule has 2 atom stereocenters. The van der Waals surface area contributed by atoms with Gasteiger partial charge in [-0.2, -0.15) is 0 Å². The lowest BCUT2D eigenvalue weighted by Crippen LogP contribution is -2.40. The molecule has 2 fully saturated rings. The molecule has 76 valence electrons. The fourth-order valence-electron chi connectivity index (χ4n) is 2.62. The molecule has 1 aliphatic carbocycles. The minimum Gasteiger partial charge on any atom is -0.378 e. The standard InChI is InChI=1S/C11H21NO/c12-8-10(9-4-3-5-9)11-6-1-2-7-13-11/h9-11H,1-8,12H2. The van der Waals surface area contributed by atoms with Crippen molar-refractivity contribution in [2.24, 2.45) is 17.6 Å². The summed E-state index contributed by atoms with van der Waals surface area (Å²) in [7, 11) is 0. The summed E-state index contributed by atoms with van der Waals surface area (Å²) in [6.07, 6.45) is 8.52. The number of hydrogen-bond acceptors (Lipinski definition) is 2. The molecule has 1 aliphatic heterocycles. The molecule has 0 radical (unpaired) electrons. The molecule has 2 rings (SSSR count). The first kappa shape index (κ1) is 9.47. The maximum Gasteiger partial charge on any atom is 0.0618 e. The third-order valence-electron chi connectivity index (χ3n) is 3.72. The Kier molecular flexibility index (Phi) is 3.23. The summed E-state index contributed by atoms with van der Waals surface area (Å²) in [4.78, 5) is 0. The van der Waals surface area contributed by atoms with Gasteiger partial charge in [0, 0.05) is 12.5 Å². The molecule has 2 nitrogen and oxygen atoms in total. The van der Waals surface area contributed by atoms with Gasteiger partial charge in [-0.15, -0.1) is 0 Å². The van der Waals surface area contributed by atoms with Crippen LogP contribution in [0.3, 0.4) is 0 Å². The van der Waals surface area contributed by atoms with Crippen LogP contribution in [0.1, 0.15) is 38.5 Å². The van der Waals surface area contributed by atoms with Crippen LogP contribution in [0.5, 0.6) is 0 Å². The van der Waals surface area contributed by atoms with Gasteiger partial charge in [-0.05, 0) is 31.7 Å². The molecule has 2 heteroatoms. The van der Waals surface area contributed by atoms with Gasteiger partial charge in [0.25, 0.3) is 0 Å². The Hall–Kier alpha value is -0.0800. The van der Waals surface area contributed by atoms with Gasteiger partial charge in [0.15, 0.2) is 0 Å². The van der Waals surface area contributed by atoms with Crippen molar-refractivity contribution in [2.45, 2.75) is 44.6 Å². The van der Waals surface area contributed by atoms with E-state index in [-0.39, 0.29) is 0 Å². The molecule has 2 aliphatic rings. The summed E-state index contributed by atoms with van der Waals surface area (Å²) in [5.74, 6) is 1.54. The van der Waals surface area contributed by atoms with Crippen LogP contribution in [0.25, 0.3) is 0 Å².